The number of H-pyrrole nitrogens is 1. The summed E-state index contributed by atoms with van der Waals surface area (Å²) in [6.07, 6.45) is 1.67. The van der Waals surface area contributed by atoms with E-state index in [2.05, 4.69) is 9.97 Å². The fraction of sp³-hybridized carbons (Fsp3) is 0. The molecule has 0 bridgehead atoms. The van der Waals surface area contributed by atoms with Gasteiger partial charge in [-0.2, -0.15) is 0 Å². The Morgan fingerprint density at radius 2 is 2.14 bits per heavy atom. The molecule has 0 saturated heterocycles. The number of thiazole rings is 1. The van der Waals surface area contributed by atoms with E-state index in [1.807, 2.05) is 18.2 Å². The molecule has 3 nitrogen and oxygen atoms in total. The molecule has 3 rings (SSSR count). The lowest BCUT2D eigenvalue weighted by Crippen LogP contribution is -2.03. The van der Waals surface area contributed by atoms with E-state index >= 15 is 0 Å². The van der Waals surface area contributed by atoms with Crippen molar-refractivity contribution >= 4 is 32.3 Å². The number of aromatic amines is 1. The Balaban J connectivity index is 2.71. The van der Waals surface area contributed by atoms with E-state index in [1.165, 1.54) is 0 Å². The highest BCUT2D eigenvalue weighted by atomic mass is 32.1. The first kappa shape index (κ1) is 7.70. The molecule has 2 aromatic heterocycles. The first-order valence-corrected chi connectivity index (χ1v) is 5.08. The van der Waals surface area contributed by atoms with Gasteiger partial charge >= 0.3 is 0 Å². The molecular formula is C10H6N2OS. The molecule has 0 saturated carbocycles. The van der Waals surface area contributed by atoms with Crippen molar-refractivity contribution in [1.82, 2.24) is 9.97 Å². The van der Waals surface area contributed by atoms with E-state index in [0.717, 1.165) is 21.0 Å². The van der Waals surface area contributed by atoms with Crippen LogP contribution in [0.2, 0.25) is 0 Å². The molecule has 4 heteroatoms. The largest absolute Gasteiger partial charge is 0.329 e. The maximum atomic E-state index is 11.5. The number of benzene rings is 1. The number of hydrogen-bond donors (Lipinski definition) is 1. The van der Waals surface area contributed by atoms with Crippen LogP contribution in [-0.4, -0.2) is 9.97 Å². The van der Waals surface area contributed by atoms with Gasteiger partial charge in [-0.25, -0.2) is 4.98 Å². The van der Waals surface area contributed by atoms with E-state index in [1.54, 1.807) is 23.0 Å². The summed E-state index contributed by atoms with van der Waals surface area (Å²) < 4.78 is 1.08. The first-order valence-electron chi connectivity index (χ1n) is 4.20. The Bertz CT molecular complexity index is 668. The van der Waals surface area contributed by atoms with Crippen molar-refractivity contribution in [1.29, 1.82) is 0 Å². The van der Waals surface area contributed by atoms with Crippen molar-refractivity contribution in [3.05, 3.63) is 40.3 Å². The number of pyridine rings is 1. The van der Waals surface area contributed by atoms with Gasteiger partial charge < -0.3 is 4.98 Å². The van der Waals surface area contributed by atoms with E-state index in [0.29, 0.717) is 0 Å². The summed E-state index contributed by atoms with van der Waals surface area (Å²) in [5.74, 6) is 0. The molecule has 0 amide bonds. The standard InChI is InChI=1S/C10H6N2OS/c13-10-7-1-2-8-9(14-5-12-8)6(7)3-4-11-10/h1-5H,(H,11,13). The molecule has 0 spiro atoms. The summed E-state index contributed by atoms with van der Waals surface area (Å²) >= 11 is 1.56. The maximum absolute atomic E-state index is 11.5. The molecule has 0 radical (unpaired) electrons. The van der Waals surface area contributed by atoms with Crippen LogP contribution in [0.1, 0.15) is 0 Å². The monoisotopic (exact) mass is 202 g/mol. The smallest absolute Gasteiger partial charge is 0.255 e. The summed E-state index contributed by atoms with van der Waals surface area (Å²) in [6, 6.07) is 5.61. The van der Waals surface area contributed by atoms with Crippen LogP contribution in [0.15, 0.2) is 34.7 Å². The van der Waals surface area contributed by atoms with Gasteiger partial charge in [0.1, 0.15) is 0 Å². The third kappa shape index (κ3) is 0.914. The molecule has 0 aliphatic rings. The Hall–Kier alpha value is -1.68. The highest BCUT2D eigenvalue weighted by Crippen LogP contribution is 2.25. The second kappa shape index (κ2) is 2.65. The molecule has 0 fully saturated rings. The zero-order valence-corrected chi connectivity index (χ0v) is 7.97. The molecule has 0 aliphatic heterocycles. The summed E-state index contributed by atoms with van der Waals surface area (Å²) in [6.45, 7) is 0. The van der Waals surface area contributed by atoms with Gasteiger partial charge in [0.25, 0.3) is 5.56 Å². The van der Waals surface area contributed by atoms with E-state index in [-0.39, 0.29) is 5.56 Å². The van der Waals surface area contributed by atoms with Crippen LogP contribution >= 0.6 is 11.3 Å². The molecule has 0 aliphatic carbocycles. The van der Waals surface area contributed by atoms with Crippen molar-refractivity contribution in [2.24, 2.45) is 0 Å². The molecule has 2 heterocycles. The predicted octanol–water partition coefficient (Wildman–Crippen LogP) is 2.14. The maximum Gasteiger partial charge on any atom is 0.255 e. The van der Waals surface area contributed by atoms with Crippen LogP contribution < -0.4 is 5.56 Å². The van der Waals surface area contributed by atoms with Crippen molar-refractivity contribution in [2.45, 2.75) is 0 Å². The lowest BCUT2D eigenvalue weighted by Gasteiger charge is -1.95. The van der Waals surface area contributed by atoms with E-state index in [4.69, 9.17) is 0 Å². The molecule has 3 aromatic rings. The van der Waals surface area contributed by atoms with Crippen LogP contribution in [-0.2, 0) is 0 Å². The summed E-state index contributed by atoms with van der Waals surface area (Å²) in [7, 11) is 0. The van der Waals surface area contributed by atoms with Gasteiger partial charge in [-0.15, -0.1) is 11.3 Å². The van der Waals surface area contributed by atoms with E-state index in [9.17, 15) is 4.79 Å². The lowest BCUT2D eigenvalue weighted by molar-refractivity contribution is 1.28. The summed E-state index contributed by atoms with van der Waals surface area (Å²) in [5, 5.41) is 1.71. The third-order valence-electron chi connectivity index (χ3n) is 2.25. The highest BCUT2D eigenvalue weighted by molar-refractivity contribution is 7.17. The molecule has 68 valence electrons. The Labute approximate surface area is 83.0 Å². The fourth-order valence-electron chi connectivity index (χ4n) is 1.59. The fourth-order valence-corrected chi connectivity index (χ4v) is 2.41. The lowest BCUT2D eigenvalue weighted by atomic mass is 10.2. The molecule has 14 heavy (non-hydrogen) atoms. The second-order valence-corrected chi connectivity index (χ2v) is 3.89. The number of nitrogens with zero attached hydrogens (tertiary/aromatic N) is 1. The van der Waals surface area contributed by atoms with Gasteiger partial charge in [0.2, 0.25) is 0 Å². The topological polar surface area (TPSA) is 45.8 Å². The van der Waals surface area contributed by atoms with Gasteiger partial charge in [0, 0.05) is 17.0 Å². The first-order chi connectivity index (χ1) is 6.86. The van der Waals surface area contributed by atoms with Crippen LogP contribution in [0.4, 0.5) is 0 Å². The molecular weight excluding hydrogens is 196 g/mol. The molecule has 1 N–H and O–H groups in total. The Morgan fingerprint density at radius 3 is 3.07 bits per heavy atom. The predicted molar refractivity (Wildman–Crippen MR) is 57.7 cm³/mol. The second-order valence-electron chi connectivity index (χ2n) is 3.03. The van der Waals surface area contributed by atoms with Crippen LogP contribution in [0.3, 0.4) is 0 Å². The van der Waals surface area contributed by atoms with Crippen LogP contribution in [0, 0.1) is 0 Å². The molecule has 1 aromatic carbocycles. The zero-order valence-electron chi connectivity index (χ0n) is 7.15. The van der Waals surface area contributed by atoms with Gasteiger partial charge in [0.05, 0.1) is 15.7 Å². The summed E-state index contributed by atoms with van der Waals surface area (Å²) in [5.41, 5.74) is 2.71. The third-order valence-corrected chi connectivity index (χ3v) is 3.12. The van der Waals surface area contributed by atoms with Gasteiger partial charge in [-0.05, 0) is 18.2 Å². The van der Waals surface area contributed by atoms with Gasteiger partial charge in [0.15, 0.2) is 0 Å². The van der Waals surface area contributed by atoms with Crippen molar-refractivity contribution in [2.75, 3.05) is 0 Å². The van der Waals surface area contributed by atoms with Crippen molar-refractivity contribution < 1.29 is 0 Å². The molecule has 0 unspecified atom stereocenters. The Morgan fingerprint density at radius 1 is 1.21 bits per heavy atom. The van der Waals surface area contributed by atoms with Crippen molar-refractivity contribution in [3.8, 4) is 0 Å². The number of fused-ring (bicyclic) bond motifs is 3. The number of aromatic nitrogens is 2. The molecule has 0 atom stereocenters. The Kier molecular flexibility index (Phi) is 1.46. The highest BCUT2D eigenvalue weighted by Gasteiger charge is 2.04. The minimum atomic E-state index is -0.0437. The number of hydrogen-bond acceptors (Lipinski definition) is 3. The normalized spacial score (nSPS) is 11.1. The van der Waals surface area contributed by atoms with Gasteiger partial charge in [-0.3, -0.25) is 4.79 Å². The van der Waals surface area contributed by atoms with E-state index < -0.39 is 0 Å². The summed E-state index contributed by atoms with van der Waals surface area (Å²) in [4.78, 5) is 18.3. The van der Waals surface area contributed by atoms with Crippen LogP contribution in [0.5, 0.6) is 0 Å². The average molecular weight is 202 g/mol. The van der Waals surface area contributed by atoms with Gasteiger partial charge in [-0.1, -0.05) is 0 Å². The minimum Gasteiger partial charge on any atom is -0.329 e. The number of rotatable bonds is 0. The van der Waals surface area contributed by atoms with Crippen LogP contribution in [0.25, 0.3) is 21.0 Å². The quantitative estimate of drug-likeness (QED) is 0.607. The SMILES string of the molecule is O=c1[nH]ccc2c1ccc1ncsc12. The number of nitrogens with one attached hydrogen (secondary N) is 1. The van der Waals surface area contributed by atoms with Crippen molar-refractivity contribution in [3.63, 3.8) is 0 Å². The zero-order chi connectivity index (χ0) is 9.54. The minimum absolute atomic E-state index is 0.0437. The average Bonchev–Trinajstić information content (AvgIpc) is 2.66.